The average molecular weight is 403 g/mol. The van der Waals surface area contributed by atoms with Crippen molar-refractivity contribution in [1.29, 1.82) is 0 Å². The van der Waals surface area contributed by atoms with Crippen LogP contribution in [0.4, 0.5) is 24.5 Å². The number of benzene rings is 1. The predicted molar refractivity (Wildman–Crippen MR) is 104 cm³/mol. The molecule has 0 aliphatic carbocycles. The number of hydrogen-bond acceptors (Lipinski definition) is 3. The highest BCUT2D eigenvalue weighted by atomic mass is 35.5. The molecule has 0 fully saturated rings. The Morgan fingerprint density at radius 1 is 1.19 bits per heavy atom. The minimum atomic E-state index is -4.10. The van der Waals surface area contributed by atoms with Crippen molar-refractivity contribution in [2.75, 3.05) is 18.0 Å². The van der Waals surface area contributed by atoms with E-state index in [1.165, 1.54) is 5.56 Å². The Hall–Kier alpha value is -1.73. The fourth-order valence-corrected chi connectivity index (χ4v) is 3.51. The molecule has 1 aliphatic rings. The molecule has 0 unspecified atom stereocenters. The summed E-state index contributed by atoms with van der Waals surface area (Å²) in [5.74, 6) is 0. The van der Waals surface area contributed by atoms with E-state index in [0.29, 0.717) is 13.1 Å². The van der Waals surface area contributed by atoms with Crippen LogP contribution in [0.1, 0.15) is 31.4 Å². The second-order valence-electron chi connectivity index (χ2n) is 7.18. The fourth-order valence-electron chi connectivity index (χ4n) is 3.51. The van der Waals surface area contributed by atoms with Crippen molar-refractivity contribution in [3.05, 3.63) is 41.7 Å². The second-order valence-corrected chi connectivity index (χ2v) is 7.18. The number of rotatable bonds is 5. The standard InChI is InChI=1S/C19H25F3N4.ClH/c1-14(2)26(18-11-23-24(3)13-18)17-5-4-15-6-8-25(12-16(15)10-17)9-7-19(20,21)22;/h4-5,10-11,13-14H,6-9,12H2,1-3H3;1H. The van der Waals surface area contributed by atoms with Gasteiger partial charge in [-0.05, 0) is 43.5 Å². The van der Waals surface area contributed by atoms with Crippen molar-refractivity contribution in [1.82, 2.24) is 14.7 Å². The third-order valence-electron chi connectivity index (χ3n) is 4.76. The van der Waals surface area contributed by atoms with E-state index in [4.69, 9.17) is 0 Å². The summed E-state index contributed by atoms with van der Waals surface area (Å²) in [5.41, 5.74) is 4.40. The van der Waals surface area contributed by atoms with Crippen molar-refractivity contribution in [2.24, 2.45) is 7.05 Å². The zero-order valence-corrected chi connectivity index (χ0v) is 16.6. The summed E-state index contributed by atoms with van der Waals surface area (Å²) in [6.45, 7) is 5.53. The number of nitrogens with zero attached hydrogens (tertiary/aromatic N) is 4. The Morgan fingerprint density at radius 2 is 1.93 bits per heavy atom. The van der Waals surface area contributed by atoms with Crippen LogP contribution < -0.4 is 4.90 Å². The molecule has 0 radical (unpaired) electrons. The molecule has 1 aliphatic heterocycles. The molecular formula is C19H26ClF3N4. The lowest BCUT2D eigenvalue weighted by molar-refractivity contribution is -0.138. The first-order valence-electron chi connectivity index (χ1n) is 8.92. The third-order valence-corrected chi connectivity index (χ3v) is 4.76. The fraction of sp³-hybridized carbons (Fsp3) is 0.526. The zero-order valence-electron chi connectivity index (χ0n) is 15.8. The first kappa shape index (κ1) is 21.6. The summed E-state index contributed by atoms with van der Waals surface area (Å²) in [6, 6.07) is 6.55. The van der Waals surface area contributed by atoms with Gasteiger partial charge < -0.3 is 4.90 Å². The Bertz CT molecular complexity index is 758. The van der Waals surface area contributed by atoms with E-state index in [-0.39, 0.29) is 25.0 Å². The van der Waals surface area contributed by atoms with E-state index < -0.39 is 12.6 Å². The van der Waals surface area contributed by atoms with Crippen LogP contribution in [0, 0.1) is 0 Å². The van der Waals surface area contributed by atoms with E-state index >= 15 is 0 Å². The lowest BCUT2D eigenvalue weighted by atomic mass is 9.98. The summed E-state index contributed by atoms with van der Waals surface area (Å²) in [7, 11) is 1.88. The normalized spacial score (nSPS) is 14.8. The molecule has 27 heavy (non-hydrogen) atoms. The maximum absolute atomic E-state index is 12.5. The Morgan fingerprint density at radius 3 is 2.52 bits per heavy atom. The lowest BCUT2D eigenvalue weighted by Gasteiger charge is -2.32. The molecule has 8 heteroatoms. The van der Waals surface area contributed by atoms with Crippen molar-refractivity contribution >= 4 is 23.8 Å². The summed E-state index contributed by atoms with van der Waals surface area (Å²) in [5, 5.41) is 4.25. The van der Waals surface area contributed by atoms with Gasteiger partial charge in [0.25, 0.3) is 0 Å². The Kier molecular flexibility index (Phi) is 6.81. The van der Waals surface area contributed by atoms with Crippen molar-refractivity contribution in [2.45, 2.75) is 45.5 Å². The minimum absolute atomic E-state index is 0. The minimum Gasteiger partial charge on any atom is -0.336 e. The van der Waals surface area contributed by atoms with Gasteiger partial charge in [0.15, 0.2) is 0 Å². The summed E-state index contributed by atoms with van der Waals surface area (Å²) in [6.07, 6.45) is -0.265. The van der Waals surface area contributed by atoms with Gasteiger partial charge >= 0.3 is 6.18 Å². The van der Waals surface area contributed by atoms with Crippen LogP contribution >= 0.6 is 12.4 Å². The Balaban J connectivity index is 0.00000261. The van der Waals surface area contributed by atoms with Gasteiger partial charge in [-0.1, -0.05) is 6.07 Å². The molecule has 4 nitrogen and oxygen atoms in total. The van der Waals surface area contributed by atoms with Gasteiger partial charge in [-0.2, -0.15) is 18.3 Å². The number of hydrogen-bond donors (Lipinski definition) is 0. The average Bonchev–Trinajstić information content (AvgIpc) is 2.97. The number of aromatic nitrogens is 2. The van der Waals surface area contributed by atoms with E-state index in [0.717, 1.165) is 23.4 Å². The molecule has 150 valence electrons. The maximum atomic E-state index is 12.5. The molecule has 0 amide bonds. The van der Waals surface area contributed by atoms with Gasteiger partial charge in [0.2, 0.25) is 0 Å². The lowest BCUT2D eigenvalue weighted by Crippen LogP contribution is -2.33. The highest BCUT2D eigenvalue weighted by molar-refractivity contribution is 5.85. The maximum Gasteiger partial charge on any atom is 0.390 e. The summed E-state index contributed by atoms with van der Waals surface area (Å²) >= 11 is 0. The van der Waals surface area contributed by atoms with Crippen LogP contribution in [0.2, 0.25) is 0 Å². The number of halogens is 4. The van der Waals surface area contributed by atoms with Crippen LogP contribution in [-0.2, 0) is 20.0 Å². The second kappa shape index (κ2) is 8.52. The largest absolute Gasteiger partial charge is 0.390 e. The first-order valence-corrected chi connectivity index (χ1v) is 8.92. The molecule has 1 aromatic carbocycles. The van der Waals surface area contributed by atoms with Crippen LogP contribution in [0.5, 0.6) is 0 Å². The van der Waals surface area contributed by atoms with E-state index in [2.05, 4.69) is 42.0 Å². The molecule has 0 N–H and O–H groups in total. The number of fused-ring (bicyclic) bond motifs is 1. The van der Waals surface area contributed by atoms with Gasteiger partial charge in [-0.15, -0.1) is 12.4 Å². The van der Waals surface area contributed by atoms with Crippen LogP contribution in [-0.4, -0.2) is 40.0 Å². The van der Waals surface area contributed by atoms with Crippen molar-refractivity contribution in [3.63, 3.8) is 0 Å². The van der Waals surface area contributed by atoms with Crippen LogP contribution in [0.15, 0.2) is 30.6 Å². The zero-order chi connectivity index (χ0) is 18.9. The van der Waals surface area contributed by atoms with E-state index in [1.807, 2.05) is 24.3 Å². The number of alkyl halides is 3. The Labute approximate surface area is 164 Å². The molecule has 0 spiro atoms. The number of aryl methyl sites for hydroxylation is 1. The summed E-state index contributed by atoms with van der Waals surface area (Å²) < 4.78 is 39.3. The van der Waals surface area contributed by atoms with Gasteiger partial charge in [0.05, 0.1) is 18.3 Å². The molecule has 1 aromatic heterocycles. The molecule has 3 rings (SSSR count). The first-order chi connectivity index (χ1) is 12.2. The molecule has 0 saturated heterocycles. The van der Waals surface area contributed by atoms with Crippen molar-refractivity contribution in [3.8, 4) is 0 Å². The van der Waals surface area contributed by atoms with Gasteiger partial charge in [0, 0.05) is 44.6 Å². The van der Waals surface area contributed by atoms with E-state index in [1.54, 1.807) is 4.68 Å². The molecule has 0 bridgehead atoms. The smallest absolute Gasteiger partial charge is 0.336 e. The van der Waals surface area contributed by atoms with Crippen molar-refractivity contribution < 1.29 is 13.2 Å². The molecule has 2 aromatic rings. The molecule has 2 heterocycles. The highest BCUT2D eigenvalue weighted by Gasteiger charge is 2.29. The molecule has 0 atom stereocenters. The SMILES string of the molecule is CC(C)N(c1ccc2c(c1)CN(CCC(F)(F)F)CC2)c1cnn(C)c1.Cl. The van der Waals surface area contributed by atoms with Crippen LogP contribution in [0.3, 0.4) is 0 Å². The third kappa shape index (κ3) is 5.39. The van der Waals surface area contributed by atoms with Crippen LogP contribution in [0.25, 0.3) is 0 Å². The molecule has 0 saturated carbocycles. The highest BCUT2D eigenvalue weighted by Crippen LogP contribution is 2.31. The molecular weight excluding hydrogens is 377 g/mol. The van der Waals surface area contributed by atoms with Gasteiger partial charge in [0.1, 0.15) is 0 Å². The van der Waals surface area contributed by atoms with Gasteiger partial charge in [-0.3, -0.25) is 9.58 Å². The number of anilines is 2. The monoisotopic (exact) mass is 402 g/mol. The van der Waals surface area contributed by atoms with Gasteiger partial charge in [-0.25, -0.2) is 0 Å². The summed E-state index contributed by atoms with van der Waals surface area (Å²) in [4.78, 5) is 4.09. The predicted octanol–water partition coefficient (Wildman–Crippen LogP) is 4.70. The topological polar surface area (TPSA) is 24.3 Å². The van der Waals surface area contributed by atoms with E-state index in [9.17, 15) is 13.2 Å². The quantitative estimate of drug-likeness (QED) is 0.724.